The van der Waals surface area contributed by atoms with Crippen LogP contribution in [0.4, 0.5) is 0 Å². The van der Waals surface area contributed by atoms with Gasteiger partial charge in [0.2, 0.25) is 0 Å². The molecular weight excluding hydrogens is 687 g/mol. The third kappa shape index (κ3) is 5.33. The Kier molecular flexibility index (Phi) is 7.35. The summed E-state index contributed by atoms with van der Waals surface area (Å²) >= 11 is 0. The highest BCUT2D eigenvalue weighted by Crippen LogP contribution is 2.37. The fraction of sp³-hybridized carbons (Fsp3) is 0. The van der Waals surface area contributed by atoms with E-state index < -0.39 is 0 Å². The molecule has 0 aliphatic heterocycles. The fourth-order valence-corrected chi connectivity index (χ4v) is 7.86. The van der Waals surface area contributed by atoms with Gasteiger partial charge in [0, 0.05) is 63.0 Å². The molecule has 11 aromatic rings. The molecule has 0 unspecified atom stereocenters. The summed E-state index contributed by atoms with van der Waals surface area (Å²) in [6.07, 6.45) is 7.28. The number of hydrogen-bond donors (Lipinski definition) is 0. The third-order valence-electron chi connectivity index (χ3n) is 10.5. The molecule has 11 rings (SSSR count). The number of benzene rings is 6. The lowest BCUT2D eigenvalue weighted by Crippen LogP contribution is -2.01. The monoisotopic (exact) mass is 715 g/mol. The average molecular weight is 716 g/mol. The first kappa shape index (κ1) is 31.7. The summed E-state index contributed by atoms with van der Waals surface area (Å²) in [5, 5.41) is 6.33. The van der Waals surface area contributed by atoms with Gasteiger partial charge in [0.25, 0.3) is 0 Å². The van der Waals surface area contributed by atoms with Gasteiger partial charge in [-0.2, -0.15) is 0 Å². The van der Waals surface area contributed by atoms with Crippen LogP contribution in [0.2, 0.25) is 0 Å². The summed E-state index contributed by atoms with van der Waals surface area (Å²) < 4.78 is 0. The Morgan fingerprint density at radius 2 is 0.696 bits per heavy atom. The largest absolute Gasteiger partial charge is 0.254 e. The minimum absolute atomic E-state index is 0.585. The maximum atomic E-state index is 5.21. The van der Waals surface area contributed by atoms with E-state index in [2.05, 4.69) is 137 Å². The zero-order chi connectivity index (χ0) is 37.0. The van der Waals surface area contributed by atoms with E-state index in [0.29, 0.717) is 17.5 Å². The number of hydrogen-bond acceptors (Lipinski definition) is 7. The summed E-state index contributed by atoms with van der Waals surface area (Å²) in [5.74, 6) is 1.78. The van der Waals surface area contributed by atoms with E-state index in [-0.39, 0.29) is 0 Å². The van der Waals surface area contributed by atoms with Crippen LogP contribution in [0, 0.1) is 0 Å². The number of pyridine rings is 4. The van der Waals surface area contributed by atoms with Crippen LogP contribution >= 0.6 is 0 Å². The Balaban J connectivity index is 1.11. The standard InChI is InChI=1S/C49H29N7/c1-2-18-37-30(10-1)11-5-19-40(37)49-55-47(35-14-3-12-31(26-35)41-28-33-16-6-22-50-43(33)45-38(41)20-8-24-52-45)54-48(56-49)36-15-4-13-32(27-36)42-29-34-17-7-23-51-44(34)46-39(42)21-9-25-53-46/h1-29H. The molecule has 0 saturated heterocycles. The van der Waals surface area contributed by atoms with Gasteiger partial charge in [0.05, 0.1) is 22.1 Å². The van der Waals surface area contributed by atoms with Gasteiger partial charge >= 0.3 is 0 Å². The van der Waals surface area contributed by atoms with Gasteiger partial charge in [0.15, 0.2) is 17.5 Å². The Bertz CT molecular complexity index is 3150. The van der Waals surface area contributed by atoms with Crippen LogP contribution in [0.3, 0.4) is 0 Å². The average Bonchev–Trinajstić information content (AvgIpc) is 3.28. The fourth-order valence-electron chi connectivity index (χ4n) is 7.86. The van der Waals surface area contributed by atoms with Gasteiger partial charge in [0.1, 0.15) is 0 Å². The van der Waals surface area contributed by atoms with Crippen LogP contribution in [0.25, 0.3) is 111 Å². The lowest BCUT2D eigenvalue weighted by atomic mass is 9.96. The highest BCUT2D eigenvalue weighted by Gasteiger charge is 2.18. The molecule has 7 heteroatoms. The van der Waals surface area contributed by atoms with Crippen molar-refractivity contribution in [3.05, 3.63) is 176 Å². The predicted octanol–water partition coefficient (Wildman–Crippen LogP) is 11.6. The summed E-state index contributed by atoms with van der Waals surface area (Å²) in [6.45, 7) is 0. The molecule has 0 bridgehead atoms. The molecule has 0 atom stereocenters. The molecule has 0 aliphatic rings. The van der Waals surface area contributed by atoms with Crippen LogP contribution in [-0.4, -0.2) is 34.9 Å². The van der Waals surface area contributed by atoms with E-state index in [4.69, 9.17) is 24.9 Å². The maximum absolute atomic E-state index is 5.21. The summed E-state index contributed by atoms with van der Waals surface area (Å²) in [6, 6.07) is 52.1. The molecule has 0 saturated carbocycles. The van der Waals surface area contributed by atoms with Crippen molar-refractivity contribution >= 4 is 54.4 Å². The lowest BCUT2D eigenvalue weighted by molar-refractivity contribution is 1.08. The molecule has 5 heterocycles. The van der Waals surface area contributed by atoms with E-state index in [1.807, 2.05) is 49.1 Å². The Morgan fingerprint density at radius 3 is 1.29 bits per heavy atom. The first-order chi connectivity index (χ1) is 27.7. The van der Waals surface area contributed by atoms with Gasteiger partial charge in [-0.1, -0.05) is 103 Å². The SMILES string of the molecule is c1cc(-c2nc(-c3cccc(-c4cc5cccnc5c5ncccc45)c3)nc(-c3cccc4ccccc34)n2)cc(-c2cc3cccnc3c3ncccc23)c1. The zero-order valence-electron chi connectivity index (χ0n) is 29.9. The molecule has 0 N–H and O–H groups in total. The van der Waals surface area contributed by atoms with E-state index in [0.717, 1.165) is 93.3 Å². The maximum Gasteiger partial charge on any atom is 0.164 e. The summed E-state index contributed by atoms with van der Waals surface area (Å²) in [4.78, 5) is 34.4. The number of rotatable bonds is 5. The van der Waals surface area contributed by atoms with Gasteiger partial charge in [-0.15, -0.1) is 0 Å². The van der Waals surface area contributed by atoms with Gasteiger partial charge < -0.3 is 0 Å². The molecule has 5 aromatic heterocycles. The molecule has 0 amide bonds. The first-order valence-electron chi connectivity index (χ1n) is 18.5. The topological polar surface area (TPSA) is 90.2 Å². The lowest BCUT2D eigenvalue weighted by Gasteiger charge is -2.13. The second-order valence-electron chi connectivity index (χ2n) is 13.8. The molecule has 0 radical (unpaired) electrons. The molecule has 0 aliphatic carbocycles. The van der Waals surface area contributed by atoms with Crippen molar-refractivity contribution in [3.8, 4) is 56.4 Å². The van der Waals surface area contributed by atoms with Gasteiger partial charge in [-0.05, 0) is 81.6 Å². The van der Waals surface area contributed by atoms with Crippen LogP contribution < -0.4 is 0 Å². The van der Waals surface area contributed by atoms with E-state index >= 15 is 0 Å². The zero-order valence-corrected chi connectivity index (χ0v) is 29.9. The molecule has 260 valence electrons. The van der Waals surface area contributed by atoms with Gasteiger partial charge in [-0.3, -0.25) is 19.9 Å². The predicted molar refractivity (Wildman–Crippen MR) is 226 cm³/mol. The highest BCUT2D eigenvalue weighted by atomic mass is 15.0. The van der Waals surface area contributed by atoms with Crippen molar-refractivity contribution < 1.29 is 0 Å². The normalized spacial score (nSPS) is 11.6. The van der Waals surface area contributed by atoms with Crippen LogP contribution in [0.1, 0.15) is 0 Å². The molecule has 6 aromatic carbocycles. The Morgan fingerprint density at radius 1 is 0.268 bits per heavy atom. The number of nitrogens with zero attached hydrogens (tertiary/aromatic N) is 7. The van der Waals surface area contributed by atoms with Crippen molar-refractivity contribution in [1.29, 1.82) is 0 Å². The van der Waals surface area contributed by atoms with Crippen molar-refractivity contribution in [1.82, 2.24) is 34.9 Å². The quantitative estimate of drug-likeness (QED) is 0.164. The minimum Gasteiger partial charge on any atom is -0.254 e. The number of fused-ring (bicyclic) bond motifs is 7. The van der Waals surface area contributed by atoms with Crippen molar-refractivity contribution in [3.63, 3.8) is 0 Å². The van der Waals surface area contributed by atoms with Crippen molar-refractivity contribution in [2.45, 2.75) is 0 Å². The Hall–Kier alpha value is -7.77. The third-order valence-corrected chi connectivity index (χ3v) is 10.5. The highest BCUT2D eigenvalue weighted by molar-refractivity contribution is 6.11. The smallest absolute Gasteiger partial charge is 0.164 e. The molecular formula is C49H29N7. The minimum atomic E-state index is 0.585. The van der Waals surface area contributed by atoms with Crippen molar-refractivity contribution in [2.24, 2.45) is 0 Å². The van der Waals surface area contributed by atoms with Crippen LogP contribution in [0.5, 0.6) is 0 Å². The molecule has 0 spiro atoms. The van der Waals surface area contributed by atoms with Crippen LogP contribution in [0.15, 0.2) is 176 Å². The summed E-state index contributed by atoms with van der Waals surface area (Å²) in [7, 11) is 0. The van der Waals surface area contributed by atoms with Crippen molar-refractivity contribution in [2.75, 3.05) is 0 Å². The van der Waals surface area contributed by atoms with E-state index in [1.165, 1.54) is 0 Å². The Labute approximate surface area is 321 Å². The number of aromatic nitrogens is 7. The van der Waals surface area contributed by atoms with E-state index in [1.54, 1.807) is 0 Å². The summed E-state index contributed by atoms with van der Waals surface area (Å²) in [5.41, 5.74) is 10.4. The second kappa shape index (κ2) is 13.0. The molecule has 0 fully saturated rings. The molecule has 7 nitrogen and oxygen atoms in total. The van der Waals surface area contributed by atoms with Gasteiger partial charge in [-0.25, -0.2) is 15.0 Å². The second-order valence-corrected chi connectivity index (χ2v) is 13.8. The van der Waals surface area contributed by atoms with E-state index in [9.17, 15) is 0 Å². The van der Waals surface area contributed by atoms with Crippen LogP contribution in [-0.2, 0) is 0 Å². The first-order valence-corrected chi connectivity index (χ1v) is 18.5. The molecule has 56 heavy (non-hydrogen) atoms.